The van der Waals surface area contributed by atoms with Crippen LogP contribution in [-0.2, 0) is 39.7 Å². The van der Waals surface area contributed by atoms with Crippen LogP contribution in [0.2, 0.25) is 24.2 Å². The number of nitrogens with zero attached hydrogens (tertiary/aromatic N) is 2. The monoisotopic (exact) mass is 789 g/mol. The van der Waals surface area contributed by atoms with Crippen LogP contribution in [0.5, 0.6) is 0 Å². The second kappa shape index (κ2) is 15.3. The van der Waals surface area contributed by atoms with E-state index in [2.05, 4.69) is 4.72 Å². The van der Waals surface area contributed by atoms with Crippen LogP contribution in [0.15, 0.2) is 12.2 Å². The molecule has 2 amide bonds. The number of nitrogens with one attached hydrogen (secondary N) is 1. The van der Waals surface area contributed by atoms with Crippen LogP contribution in [0.4, 0.5) is 52.7 Å². The lowest BCUT2D eigenvalue weighted by Crippen LogP contribution is -2.50. The van der Waals surface area contributed by atoms with E-state index in [4.69, 9.17) is 0 Å². The number of unbranched alkanes of at least 4 members (excludes halogenated alkanes) is 1. The Balaban J connectivity index is 2.76. The number of alkyl halides is 12. The molecule has 47 heavy (non-hydrogen) atoms. The summed E-state index contributed by atoms with van der Waals surface area (Å²) < 4.78 is 224. The van der Waals surface area contributed by atoms with Crippen LogP contribution in [0, 0.1) is 0 Å². The first-order valence-electron chi connectivity index (χ1n) is 12.9. The summed E-state index contributed by atoms with van der Waals surface area (Å²) >= 11 is 0. The molecule has 0 atom stereocenters. The zero-order valence-corrected chi connectivity index (χ0v) is 27.0. The van der Waals surface area contributed by atoms with Gasteiger partial charge in [-0.15, -0.1) is 0 Å². The molecule has 0 radical (unpaired) electrons. The third-order valence-corrected chi connectivity index (χ3v) is 17.0. The number of carbonyl (C=O) groups excluding carboxylic acids is 2. The van der Waals surface area contributed by atoms with E-state index in [1.807, 2.05) is 0 Å². The highest BCUT2D eigenvalue weighted by Gasteiger charge is 2.61. The second-order valence-corrected chi connectivity index (χ2v) is 20.8. The Hall–Kier alpha value is -1.97. The molecule has 0 saturated heterocycles. The topological polar surface area (TPSA) is 155 Å². The van der Waals surface area contributed by atoms with Crippen molar-refractivity contribution >= 4 is 50.0 Å². The lowest BCUT2D eigenvalue weighted by molar-refractivity contribution is -0.204. The van der Waals surface area contributed by atoms with Gasteiger partial charge in [-0.2, -0.15) is 52.7 Å². The molecule has 1 aliphatic rings. The molecule has 1 heterocycles. The standard InChI is InChI=1S/C20H27F12N3O8S3Si/c21-17(22,23)15(36)34(16(37)18(24,25)26)8-6-14-47(11-3-4-12-47)13-5-7-33-44(38,39)10-2-1-9-35(45(40,41)19(27,28)29)46(42,43)20(30,31)32/h3-4,33H,1-2,5-14H2. The number of imide groups is 1. The summed E-state index contributed by atoms with van der Waals surface area (Å²) in [7, 11) is -20.9. The molecule has 27 heteroatoms. The summed E-state index contributed by atoms with van der Waals surface area (Å²) in [5.74, 6) is -6.98. The van der Waals surface area contributed by atoms with Gasteiger partial charge in [-0.1, -0.05) is 28.0 Å². The van der Waals surface area contributed by atoms with Crippen molar-refractivity contribution in [3.63, 3.8) is 0 Å². The molecule has 0 bridgehead atoms. The molecule has 0 fully saturated rings. The number of rotatable bonds is 16. The van der Waals surface area contributed by atoms with Crippen LogP contribution in [0.25, 0.3) is 0 Å². The fourth-order valence-electron chi connectivity index (χ4n) is 4.39. The minimum Gasteiger partial charge on any atom is -0.267 e. The van der Waals surface area contributed by atoms with Gasteiger partial charge in [-0.25, -0.2) is 30.0 Å². The molecule has 276 valence electrons. The maximum absolute atomic E-state index is 12.8. The summed E-state index contributed by atoms with van der Waals surface area (Å²) in [6.45, 7) is -3.40. The van der Waals surface area contributed by atoms with E-state index < -0.39 is 120 Å². The number of hydrogen-bond donors (Lipinski definition) is 1. The molecule has 1 aliphatic heterocycles. The van der Waals surface area contributed by atoms with Crippen LogP contribution in [0.1, 0.15) is 25.7 Å². The molecule has 11 nitrogen and oxygen atoms in total. The molecule has 0 aromatic heterocycles. The van der Waals surface area contributed by atoms with E-state index in [0.29, 0.717) is 12.1 Å². The first kappa shape index (κ1) is 43.0. The summed E-state index contributed by atoms with van der Waals surface area (Å²) in [6.07, 6.45) is -10.4. The Morgan fingerprint density at radius 3 is 1.47 bits per heavy atom. The highest BCUT2D eigenvalue weighted by atomic mass is 32.3. The molecular formula is C20H27F12N3O8S3Si. The van der Waals surface area contributed by atoms with E-state index in [9.17, 15) is 87.5 Å². The number of sulfonamides is 3. The van der Waals surface area contributed by atoms with E-state index >= 15 is 0 Å². The molecule has 0 aromatic carbocycles. The average molecular weight is 790 g/mol. The molecule has 0 aliphatic carbocycles. The Kier molecular flexibility index (Phi) is 14.0. The van der Waals surface area contributed by atoms with Gasteiger partial charge in [0.05, 0.1) is 13.8 Å². The summed E-state index contributed by atoms with van der Waals surface area (Å²) in [6, 6.07) is 1.07. The lowest BCUT2D eigenvalue weighted by Gasteiger charge is -2.29. The van der Waals surface area contributed by atoms with Gasteiger partial charge in [0.2, 0.25) is 10.0 Å². The minimum absolute atomic E-state index is 0.0394. The Morgan fingerprint density at radius 2 is 1.06 bits per heavy atom. The van der Waals surface area contributed by atoms with Crippen molar-refractivity contribution in [2.24, 2.45) is 0 Å². The molecule has 1 rings (SSSR count). The SMILES string of the molecule is O=C(N(CCC[Si]1(CCCNS(=O)(=O)CCCCN(S(=O)(=O)C(F)(F)F)S(=O)(=O)C(F)(F)F)CC=CC1)C(=O)C(F)(F)F)C(F)(F)F. The Morgan fingerprint density at radius 1 is 0.638 bits per heavy atom. The predicted molar refractivity (Wildman–Crippen MR) is 140 cm³/mol. The Labute approximate surface area is 261 Å². The predicted octanol–water partition coefficient (Wildman–Crippen LogP) is 3.97. The van der Waals surface area contributed by atoms with Crippen molar-refractivity contribution in [2.75, 3.05) is 25.4 Å². The van der Waals surface area contributed by atoms with E-state index in [0.717, 1.165) is 0 Å². The molecular weight excluding hydrogens is 762 g/mol. The molecule has 0 aromatic rings. The van der Waals surface area contributed by atoms with Crippen LogP contribution in [-0.4, -0.2) is 103 Å². The van der Waals surface area contributed by atoms with Crippen molar-refractivity contribution in [3.05, 3.63) is 12.2 Å². The third-order valence-electron chi connectivity index (χ3n) is 6.66. The largest absolute Gasteiger partial charge is 0.512 e. The van der Waals surface area contributed by atoms with Gasteiger partial charge in [-0.3, -0.25) is 14.5 Å². The van der Waals surface area contributed by atoms with E-state index in [-0.39, 0.29) is 25.1 Å². The number of allylic oxidation sites excluding steroid dienone is 2. The van der Waals surface area contributed by atoms with Crippen molar-refractivity contribution in [1.82, 2.24) is 13.3 Å². The smallest absolute Gasteiger partial charge is 0.267 e. The highest BCUT2D eigenvalue weighted by molar-refractivity contribution is 8.04. The first-order valence-corrected chi connectivity index (χ1v) is 20.3. The van der Waals surface area contributed by atoms with Gasteiger partial charge < -0.3 is 0 Å². The molecule has 0 spiro atoms. The van der Waals surface area contributed by atoms with Crippen LogP contribution >= 0.6 is 0 Å². The second-order valence-electron chi connectivity index (χ2n) is 10.2. The third kappa shape index (κ3) is 11.8. The summed E-state index contributed by atoms with van der Waals surface area (Å²) in [4.78, 5) is 21.9. The minimum atomic E-state index is -7.04. The number of halogens is 12. The Bertz CT molecular complexity index is 1400. The quantitative estimate of drug-likeness (QED) is 0.107. The number of hydrogen-bond acceptors (Lipinski definition) is 8. The van der Waals surface area contributed by atoms with Crippen molar-refractivity contribution < 1.29 is 87.5 Å². The highest BCUT2D eigenvalue weighted by Crippen LogP contribution is 2.36. The molecule has 0 saturated carbocycles. The zero-order chi connectivity index (χ0) is 36.9. The van der Waals surface area contributed by atoms with Crippen molar-refractivity contribution in [1.29, 1.82) is 0 Å². The maximum Gasteiger partial charge on any atom is 0.512 e. The van der Waals surface area contributed by atoms with Gasteiger partial charge in [0.1, 0.15) is 0 Å². The zero-order valence-electron chi connectivity index (χ0n) is 23.6. The van der Waals surface area contributed by atoms with Crippen molar-refractivity contribution in [3.8, 4) is 0 Å². The number of amides is 2. The van der Waals surface area contributed by atoms with Crippen LogP contribution in [0.3, 0.4) is 0 Å². The van der Waals surface area contributed by atoms with Gasteiger partial charge >= 0.3 is 55.2 Å². The normalized spacial score (nSPS) is 16.5. The van der Waals surface area contributed by atoms with Crippen LogP contribution < -0.4 is 4.72 Å². The van der Waals surface area contributed by atoms with E-state index in [1.165, 1.54) is 0 Å². The maximum atomic E-state index is 12.8. The summed E-state index contributed by atoms with van der Waals surface area (Å²) in [5.41, 5.74) is -12.9. The van der Waals surface area contributed by atoms with Gasteiger partial charge in [0.25, 0.3) is 0 Å². The van der Waals surface area contributed by atoms with Gasteiger partial charge in [-0.05, 0) is 37.8 Å². The lowest BCUT2D eigenvalue weighted by atomic mass is 10.3. The fraction of sp³-hybridized carbons (Fsp3) is 0.800. The first-order chi connectivity index (χ1) is 20.9. The number of carbonyl (C=O) groups is 2. The molecule has 0 unspecified atom stereocenters. The molecule has 1 N–H and O–H groups in total. The van der Waals surface area contributed by atoms with E-state index in [1.54, 1.807) is 12.2 Å². The average Bonchev–Trinajstić information content (AvgIpc) is 3.34. The van der Waals surface area contributed by atoms with Gasteiger partial charge in [0.15, 0.2) is 0 Å². The summed E-state index contributed by atoms with van der Waals surface area (Å²) in [5, 5.41) is 0. The van der Waals surface area contributed by atoms with Crippen molar-refractivity contribution in [2.45, 2.75) is 73.2 Å². The van der Waals surface area contributed by atoms with Gasteiger partial charge in [0, 0.05) is 19.6 Å². The fourth-order valence-corrected chi connectivity index (χ4v) is 12.7.